The third-order valence-corrected chi connectivity index (χ3v) is 5.60. The van der Waals surface area contributed by atoms with Crippen LogP contribution in [0.1, 0.15) is 32.1 Å². The second kappa shape index (κ2) is 6.90. The van der Waals surface area contributed by atoms with Gasteiger partial charge in [0.1, 0.15) is 11.3 Å². The van der Waals surface area contributed by atoms with E-state index < -0.39 is 5.63 Å². The lowest BCUT2D eigenvalue weighted by Crippen LogP contribution is -2.46. The summed E-state index contributed by atoms with van der Waals surface area (Å²) in [7, 11) is 0. The van der Waals surface area contributed by atoms with Crippen molar-refractivity contribution in [2.45, 2.75) is 32.1 Å². The summed E-state index contributed by atoms with van der Waals surface area (Å²) in [5.74, 6) is 2.06. The zero-order valence-corrected chi connectivity index (χ0v) is 14.3. The number of hydrogen-bond acceptors (Lipinski definition) is 4. The Hall–Kier alpha value is -2.30. The molecule has 2 heterocycles. The average molecular weight is 341 g/mol. The van der Waals surface area contributed by atoms with Crippen LogP contribution in [-0.4, -0.2) is 30.5 Å². The number of amides is 1. The van der Waals surface area contributed by atoms with Gasteiger partial charge in [-0.05, 0) is 42.9 Å². The molecule has 1 aliphatic carbocycles. The molecule has 5 nitrogen and oxygen atoms in total. The van der Waals surface area contributed by atoms with Gasteiger partial charge in [0.25, 0.3) is 5.91 Å². The Morgan fingerprint density at radius 3 is 2.80 bits per heavy atom. The fourth-order valence-electron chi connectivity index (χ4n) is 4.19. The van der Waals surface area contributed by atoms with Crippen LogP contribution < -0.4 is 10.4 Å². The zero-order chi connectivity index (χ0) is 17.2. The van der Waals surface area contributed by atoms with Gasteiger partial charge in [-0.25, -0.2) is 4.79 Å². The van der Waals surface area contributed by atoms with Gasteiger partial charge in [-0.15, -0.1) is 0 Å². The van der Waals surface area contributed by atoms with E-state index in [1.807, 2.05) is 11.0 Å². The Morgan fingerprint density at radius 2 is 1.92 bits per heavy atom. The second-order valence-electron chi connectivity index (χ2n) is 7.18. The van der Waals surface area contributed by atoms with E-state index in [1.54, 1.807) is 18.2 Å². The lowest BCUT2D eigenvalue weighted by molar-refractivity contribution is -0.136. The summed E-state index contributed by atoms with van der Waals surface area (Å²) in [6.45, 7) is 1.75. The van der Waals surface area contributed by atoms with E-state index in [9.17, 15) is 9.59 Å². The Bertz CT molecular complexity index is 828. The van der Waals surface area contributed by atoms with Crippen LogP contribution in [0.3, 0.4) is 0 Å². The maximum absolute atomic E-state index is 12.5. The minimum absolute atomic E-state index is 0.0277. The van der Waals surface area contributed by atoms with Crippen molar-refractivity contribution in [3.63, 3.8) is 0 Å². The monoisotopic (exact) mass is 341 g/mol. The van der Waals surface area contributed by atoms with Crippen LogP contribution in [0.5, 0.6) is 5.75 Å². The lowest BCUT2D eigenvalue weighted by atomic mass is 9.75. The van der Waals surface area contributed by atoms with Crippen LogP contribution >= 0.6 is 0 Å². The van der Waals surface area contributed by atoms with Gasteiger partial charge in [-0.2, -0.15) is 0 Å². The van der Waals surface area contributed by atoms with Crippen LogP contribution in [0.4, 0.5) is 0 Å². The summed E-state index contributed by atoms with van der Waals surface area (Å²) in [5.41, 5.74) is 0.0801. The molecule has 2 aliphatic rings. The lowest BCUT2D eigenvalue weighted by Gasteiger charge is -2.41. The van der Waals surface area contributed by atoms with Gasteiger partial charge < -0.3 is 14.1 Å². The maximum atomic E-state index is 12.5. The van der Waals surface area contributed by atoms with E-state index in [0.717, 1.165) is 30.8 Å². The van der Waals surface area contributed by atoms with Crippen molar-refractivity contribution in [1.29, 1.82) is 0 Å². The minimum atomic E-state index is -0.393. The number of fused-ring (bicyclic) bond motifs is 2. The number of rotatable bonds is 3. The molecule has 0 radical (unpaired) electrons. The first-order valence-corrected chi connectivity index (χ1v) is 9.13. The van der Waals surface area contributed by atoms with E-state index in [1.165, 1.54) is 31.7 Å². The number of benzene rings is 1. The number of hydrogen-bond donors (Lipinski definition) is 0. The van der Waals surface area contributed by atoms with E-state index in [2.05, 4.69) is 0 Å². The molecule has 0 bridgehead atoms. The Balaban J connectivity index is 1.37. The fourth-order valence-corrected chi connectivity index (χ4v) is 4.19. The molecule has 0 N–H and O–H groups in total. The number of carbonyl (C=O) groups excluding carboxylic acids is 1. The second-order valence-corrected chi connectivity index (χ2v) is 7.18. The van der Waals surface area contributed by atoms with E-state index in [0.29, 0.717) is 17.3 Å². The van der Waals surface area contributed by atoms with Gasteiger partial charge in [0.15, 0.2) is 6.61 Å². The van der Waals surface area contributed by atoms with Crippen molar-refractivity contribution in [2.75, 3.05) is 19.7 Å². The van der Waals surface area contributed by atoms with Crippen molar-refractivity contribution >= 4 is 16.9 Å². The molecule has 2 aromatic rings. The normalized spacial score (nSPS) is 23.3. The summed E-state index contributed by atoms with van der Waals surface area (Å²) in [5, 5.41) is 0.831. The van der Waals surface area contributed by atoms with Gasteiger partial charge in [0, 0.05) is 30.6 Å². The highest BCUT2D eigenvalue weighted by Crippen LogP contribution is 2.36. The first-order valence-electron chi connectivity index (χ1n) is 9.13. The van der Waals surface area contributed by atoms with Crippen molar-refractivity contribution < 1.29 is 13.9 Å². The molecule has 2 atom stereocenters. The molecule has 1 aliphatic heterocycles. The number of piperidine rings is 1. The largest absolute Gasteiger partial charge is 0.484 e. The van der Waals surface area contributed by atoms with Crippen molar-refractivity contribution in [3.05, 3.63) is 40.8 Å². The Morgan fingerprint density at radius 1 is 1.12 bits per heavy atom. The van der Waals surface area contributed by atoms with E-state index in [-0.39, 0.29) is 12.5 Å². The third-order valence-electron chi connectivity index (χ3n) is 5.60. The van der Waals surface area contributed by atoms with Gasteiger partial charge in [0.2, 0.25) is 0 Å². The van der Waals surface area contributed by atoms with Crippen molar-refractivity contribution in [2.24, 2.45) is 11.8 Å². The highest BCUT2D eigenvalue weighted by atomic mass is 16.5. The molecular formula is C20H23NO4. The molecule has 5 heteroatoms. The first kappa shape index (κ1) is 16.2. The summed E-state index contributed by atoms with van der Waals surface area (Å²) in [6.07, 6.45) is 6.33. The molecule has 1 saturated heterocycles. The smallest absolute Gasteiger partial charge is 0.336 e. The van der Waals surface area contributed by atoms with E-state index in [4.69, 9.17) is 9.15 Å². The molecule has 1 saturated carbocycles. The molecule has 1 aromatic carbocycles. The van der Waals surface area contributed by atoms with Crippen LogP contribution in [0.2, 0.25) is 0 Å². The molecule has 25 heavy (non-hydrogen) atoms. The quantitative estimate of drug-likeness (QED) is 0.805. The van der Waals surface area contributed by atoms with Crippen LogP contribution in [0.15, 0.2) is 39.5 Å². The molecule has 1 amide bonds. The average Bonchev–Trinajstić information content (AvgIpc) is 2.65. The Labute approximate surface area is 146 Å². The van der Waals surface area contributed by atoms with Gasteiger partial charge in [0.05, 0.1) is 0 Å². The first-order chi connectivity index (χ1) is 12.2. The zero-order valence-electron chi connectivity index (χ0n) is 14.3. The SMILES string of the molecule is O=C(COc1ccc2ccc(=O)oc2c1)N1CC[C@H]2CCCC[C@@H]2C1. The fraction of sp³-hybridized carbons (Fsp3) is 0.500. The third kappa shape index (κ3) is 3.55. The van der Waals surface area contributed by atoms with Gasteiger partial charge in [-0.3, -0.25) is 4.79 Å². The molecule has 132 valence electrons. The highest BCUT2D eigenvalue weighted by molar-refractivity contribution is 5.79. The summed E-state index contributed by atoms with van der Waals surface area (Å²) < 4.78 is 10.8. The molecule has 4 rings (SSSR count). The molecule has 1 aromatic heterocycles. The highest BCUT2D eigenvalue weighted by Gasteiger charge is 2.32. The number of likely N-dealkylation sites (tertiary alicyclic amines) is 1. The van der Waals surface area contributed by atoms with Crippen molar-refractivity contribution in [1.82, 2.24) is 4.90 Å². The number of carbonyl (C=O) groups is 1. The topological polar surface area (TPSA) is 59.8 Å². The maximum Gasteiger partial charge on any atom is 0.336 e. The van der Waals surface area contributed by atoms with Crippen LogP contribution in [0, 0.1) is 11.8 Å². The minimum Gasteiger partial charge on any atom is -0.484 e. The number of ether oxygens (including phenoxy) is 1. The van der Waals surface area contributed by atoms with Gasteiger partial charge in [-0.1, -0.05) is 19.3 Å². The van der Waals surface area contributed by atoms with Crippen molar-refractivity contribution in [3.8, 4) is 5.75 Å². The molecular weight excluding hydrogens is 318 g/mol. The predicted octanol–water partition coefficient (Wildman–Crippen LogP) is 3.21. The van der Waals surface area contributed by atoms with E-state index >= 15 is 0 Å². The number of nitrogens with zero attached hydrogens (tertiary/aromatic N) is 1. The standard InChI is InChI=1S/C20H23NO4/c22-19(21-10-9-14-3-1-2-4-16(14)12-21)13-24-17-7-5-15-6-8-20(23)25-18(15)11-17/h5-8,11,14,16H,1-4,9-10,12-13H2/t14-,16-/m1/s1. The van der Waals surface area contributed by atoms with Crippen LogP contribution in [0.25, 0.3) is 11.0 Å². The molecule has 2 fully saturated rings. The predicted molar refractivity (Wildman–Crippen MR) is 94.6 cm³/mol. The Kier molecular flexibility index (Phi) is 4.47. The van der Waals surface area contributed by atoms with Crippen LogP contribution in [-0.2, 0) is 4.79 Å². The molecule has 0 spiro atoms. The summed E-state index contributed by atoms with van der Waals surface area (Å²) in [4.78, 5) is 25.8. The van der Waals surface area contributed by atoms with Gasteiger partial charge >= 0.3 is 5.63 Å². The molecule has 0 unspecified atom stereocenters. The summed E-state index contributed by atoms with van der Waals surface area (Å²) in [6, 6.07) is 8.39. The summed E-state index contributed by atoms with van der Waals surface area (Å²) >= 11 is 0.